The number of aromatic nitrogens is 1. The molecule has 0 atom stereocenters. The van der Waals surface area contributed by atoms with Crippen molar-refractivity contribution in [1.29, 1.82) is 0 Å². The van der Waals surface area contributed by atoms with Crippen LogP contribution in [0.15, 0.2) is 12.3 Å². The molecule has 7 nitrogen and oxygen atoms in total. The van der Waals surface area contributed by atoms with Gasteiger partial charge in [-0.1, -0.05) is 0 Å². The number of carbonyl (C=O) groups excluding carboxylic acids is 2. The molecule has 1 aromatic rings. The molecule has 2 aliphatic heterocycles. The van der Waals surface area contributed by atoms with Gasteiger partial charge in [-0.05, 0) is 32.8 Å². The van der Waals surface area contributed by atoms with E-state index in [0.717, 1.165) is 32.5 Å². The summed E-state index contributed by atoms with van der Waals surface area (Å²) in [6.07, 6.45) is -2.67. The van der Waals surface area contributed by atoms with E-state index in [4.69, 9.17) is 0 Å². The number of amides is 1. The number of esters is 1. The van der Waals surface area contributed by atoms with Gasteiger partial charge in [-0.2, -0.15) is 13.2 Å². The van der Waals surface area contributed by atoms with E-state index in [1.807, 2.05) is 4.90 Å². The van der Waals surface area contributed by atoms with Crippen LogP contribution in [0.25, 0.3) is 0 Å². The standard InChI is InChI=1S/C21H29F3N4O3/c1-14(2)26-8-10-28(11-9-26)19(29)15-4-6-27(7-5-15)18-12-17(21(22,23)24)16(13-25-18)20(30)31-3/h12-15H,4-11H2,1-3H3. The summed E-state index contributed by atoms with van der Waals surface area (Å²) in [5.41, 5.74) is -1.67. The highest BCUT2D eigenvalue weighted by Gasteiger charge is 2.37. The SMILES string of the molecule is COC(=O)c1cnc(N2CCC(C(=O)N3CCN(C(C)C)CC3)CC2)cc1C(F)(F)F. The third-order valence-corrected chi connectivity index (χ3v) is 6.12. The van der Waals surface area contributed by atoms with Crippen molar-refractivity contribution in [1.82, 2.24) is 14.8 Å². The number of carbonyl (C=O) groups is 2. The number of rotatable bonds is 4. The summed E-state index contributed by atoms with van der Waals surface area (Å²) in [5.74, 6) is -0.920. The molecule has 31 heavy (non-hydrogen) atoms. The fourth-order valence-corrected chi connectivity index (χ4v) is 4.20. The average Bonchev–Trinajstić information content (AvgIpc) is 2.77. The van der Waals surface area contributed by atoms with Crippen molar-refractivity contribution in [2.45, 2.75) is 38.9 Å². The van der Waals surface area contributed by atoms with Gasteiger partial charge in [-0.3, -0.25) is 9.69 Å². The number of anilines is 1. The molecule has 0 N–H and O–H groups in total. The van der Waals surface area contributed by atoms with Crippen molar-refractivity contribution in [3.8, 4) is 0 Å². The molecule has 2 aliphatic rings. The van der Waals surface area contributed by atoms with Crippen molar-refractivity contribution in [2.75, 3.05) is 51.3 Å². The highest BCUT2D eigenvalue weighted by molar-refractivity contribution is 5.91. The first-order valence-corrected chi connectivity index (χ1v) is 10.5. The minimum atomic E-state index is -4.70. The third kappa shape index (κ3) is 5.28. The smallest absolute Gasteiger partial charge is 0.417 e. The first-order chi connectivity index (χ1) is 14.6. The molecule has 0 bridgehead atoms. The van der Waals surface area contributed by atoms with Crippen LogP contribution in [0.5, 0.6) is 0 Å². The van der Waals surface area contributed by atoms with Crippen LogP contribution in [0.1, 0.15) is 42.6 Å². The Morgan fingerprint density at radius 2 is 1.71 bits per heavy atom. The second-order valence-electron chi connectivity index (χ2n) is 8.29. The minimum Gasteiger partial charge on any atom is -0.465 e. The number of alkyl halides is 3. The summed E-state index contributed by atoms with van der Waals surface area (Å²) in [6.45, 7) is 8.30. The molecule has 1 amide bonds. The Labute approximate surface area is 180 Å². The number of nitrogens with zero attached hydrogens (tertiary/aromatic N) is 4. The van der Waals surface area contributed by atoms with Gasteiger partial charge in [0.25, 0.3) is 0 Å². The van der Waals surface area contributed by atoms with Gasteiger partial charge < -0.3 is 14.5 Å². The molecule has 0 unspecified atom stereocenters. The number of piperazine rings is 1. The number of pyridine rings is 1. The van der Waals surface area contributed by atoms with Gasteiger partial charge in [-0.25, -0.2) is 9.78 Å². The van der Waals surface area contributed by atoms with Crippen LogP contribution in [0.4, 0.5) is 19.0 Å². The van der Waals surface area contributed by atoms with Crippen LogP contribution in [0.2, 0.25) is 0 Å². The normalized spacial score (nSPS) is 19.1. The number of hydrogen-bond acceptors (Lipinski definition) is 6. The topological polar surface area (TPSA) is 66.0 Å². The van der Waals surface area contributed by atoms with Crippen LogP contribution >= 0.6 is 0 Å². The van der Waals surface area contributed by atoms with E-state index >= 15 is 0 Å². The molecular formula is C21H29F3N4O3. The summed E-state index contributed by atoms with van der Waals surface area (Å²) in [5, 5.41) is 0. The number of hydrogen-bond donors (Lipinski definition) is 0. The molecule has 0 radical (unpaired) electrons. The Kier molecular flexibility index (Phi) is 7.08. The predicted octanol–water partition coefficient (Wildman–Crippen LogP) is 2.66. The number of piperidine rings is 1. The summed E-state index contributed by atoms with van der Waals surface area (Å²) >= 11 is 0. The van der Waals surface area contributed by atoms with E-state index in [9.17, 15) is 22.8 Å². The molecule has 3 heterocycles. The summed E-state index contributed by atoms with van der Waals surface area (Å²) in [4.78, 5) is 34.6. The lowest BCUT2D eigenvalue weighted by atomic mass is 9.94. The highest BCUT2D eigenvalue weighted by atomic mass is 19.4. The Morgan fingerprint density at radius 1 is 1.10 bits per heavy atom. The molecule has 3 rings (SSSR count). The van der Waals surface area contributed by atoms with Crippen LogP contribution in [-0.2, 0) is 15.7 Å². The van der Waals surface area contributed by atoms with E-state index < -0.39 is 23.3 Å². The van der Waals surface area contributed by atoms with Crippen LogP contribution < -0.4 is 4.90 Å². The van der Waals surface area contributed by atoms with Gasteiger partial charge in [-0.15, -0.1) is 0 Å². The second kappa shape index (κ2) is 9.42. The fourth-order valence-electron chi connectivity index (χ4n) is 4.20. The maximum atomic E-state index is 13.4. The maximum Gasteiger partial charge on any atom is 0.417 e. The van der Waals surface area contributed by atoms with E-state index in [1.54, 1.807) is 4.90 Å². The van der Waals surface area contributed by atoms with Crippen molar-refractivity contribution in [3.63, 3.8) is 0 Å². The van der Waals surface area contributed by atoms with E-state index in [0.29, 0.717) is 45.1 Å². The average molecular weight is 442 g/mol. The number of methoxy groups -OCH3 is 1. The zero-order chi connectivity index (χ0) is 22.8. The van der Waals surface area contributed by atoms with Crippen molar-refractivity contribution < 1.29 is 27.5 Å². The lowest BCUT2D eigenvalue weighted by molar-refractivity contribution is -0.138. The fraction of sp³-hybridized carbons (Fsp3) is 0.667. The van der Waals surface area contributed by atoms with Gasteiger partial charge >= 0.3 is 12.1 Å². The monoisotopic (exact) mass is 442 g/mol. The highest BCUT2D eigenvalue weighted by Crippen LogP contribution is 2.35. The molecule has 2 saturated heterocycles. The first kappa shape index (κ1) is 23.3. The molecule has 10 heteroatoms. The second-order valence-corrected chi connectivity index (χ2v) is 8.29. The quantitative estimate of drug-likeness (QED) is 0.668. The van der Waals surface area contributed by atoms with Gasteiger partial charge in [0.1, 0.15) is 5.82 Å². The molecule has 0 spiro atoms. The van der Waals surface area contributed by atoms with Gasteiger partial charge in [0.2, 0.25) is 5.91 Å². The third-order valence-electron chi connectivity index (χ3n) is 6.12. The van der Waals surface area contributed by atoms with Crippen molar-refractivity contribution in [2.24, 2.45) is 5.92 Å². The van der Waals surface area contributed by atoms with Gasteiger partial charge in [0, 0.05) is 57.4 Å². The van der Waals surface area contributed by atoms with Crippen molar-refractivity contribution in [3.05, 3.63) is 23.4 Å². The predicted molar refractivity (Wildman–Crippen MR) is 109 cm³/mol. The zero-order valence-corrected chi connectivity index (χ0v) is 18.1. The number of halogens is 3. The Hall–Kier alpha value is -2.36. The van der Waals surface area contributed by atoms with Gasteiger partial charge in [0.05, 0.1) is 18.2 Å². The molecule has 1 aromatic heterocycles. The van der Waals surface area contributed by atoms with E-state index in [2.05, 4.69) is 28.5 Å². The molecular weight excluding hydrogens is 413 g/mol. The summed E-state index contributed by atoms with van der Waals surface area (Å²) < 4.78 is 44.7. The van der Waals surface area contributed by atoms with Crippen LogP contribution in [0, 0.1) is 5.92 Å². The largest absolute Gasteiger partial charge is 0.465 e. The van der Waals surface area contributed by atoms with Gasteiger partial charge in [0.15, 0.2) is 0 Å². The van der Waals surface area contributed by atoms with Crippen molar-refractivity contribution >= 4 is 17.7 Å². The lowest BCUT2D eigenvalue weighted by Crippen LogP contribution is -2.53. The lowest BCUT2D eigenvalue weighted by Gasteiger charge is -2.40. The Balaban J connectivity index is 1.63. The van der Waals surface area contributed by atoms with Crippen LogP contribution in [0.3, 0.4) is 0 Å². The van der Waals surface area contributed by atoms with E-state index in [1.165, 1.54) is 0 Å². The minimum absolute atomic E-state index is 0.127. The molecule has 0 saturated carbocycles. The molecule has 2 fully saturated rings. The number of ether oxygens (including phenoxy) is 1. The zero-order valence-electron chi connectivity index (χ0n) is 18.1. The Bertz CT molecular complexity index is 800. The summed E-state index contributed by atoms with van der Waals surface area (Å²) in [7, 11) is 1.03. The molecule has 172 valence electrons. The summed E-state index contributed by atoms with van der Waals surface area (Å²) in [6, 6.07) is 1.35. The maximum absolute atomic E-state index is 13.4. The molecule has 0 aromatic carbocycles. The first-order valence-electron chi connectivity index (χ1n) is 10.5. The van der Waals surface area contributed by atoms with E-state index in [-0.39, 0.29) is 17.6 Å². The Morgan fingerprint density at radius 3 is 2.23 bits per heavy atom. The molecule has 0 aliphatic carbocycles. The van der Waals surface area contributed by atoms with Crippen LogP contribution in [-0.4, -0.2) is 79.1 Å².